The minimum absolute atomic E-state index is 0.0633. The van der Waals surface area contributed by atoms with Gasteiger partial charge in [-0.1, -0.05) is 0 Å². The number of carbonyl (C=O) groups is 1. The average molecular weight is 344 g/mol. The quantitative estimate of drug-likeness (QED) is 0.754. The van der Waals surface area contributed by atoms with Gasteiger partial charge in [-0.15, -0.1) is 11.3 Å². The summed E-state index contributed by atoms with van der Waals surface area (Å²) in [6.07, 6.45) is 2.87. The predicted octanol–water partition coefficient (Wildman–Crippen LogP) is 3.01. The van der Waals surface area contributed by atoms with Crippen molar-refractivity contribution >= 4 is 22.9 Å². The molecule has 3 heterocycles. The van der Waals surface area contributed by atoms with Crippen molar-refractivity contribution in [2.24, 2.45) is 5.92 Å². The lowest BCUT2D eigenvalue weighted by molar-refractivity contribution is 0.101. The molecule has 128 valence electrons. The first kappa shape index (κ1) is 17.0. The maximum absolute atomic E-state index is 11.3. The minimum Gasteiger partial charge on any atom is -0.356 e. The van der Waals surface area contributed by atoms with Crippen LogP contribution < -0.4 is 4.90 Å². The second-order valence-corrected chi connectivity index (χ2v) is 7.56. The number of aromatic nitrogens is 2. The number of thiazole rings is 1. The largest absolute Gasteiger partial charge is 0.356 e. The Balaban J connectivity index is 1.53. The first-order valence-corrected chi connectivity index (χ1v) is 9.20. The summed E-state index contributed by atoms with van der Waals surface area (Å²) in [5, 5.41) is 0. The molecular weight excluding hydrogens is 320 g/mol. The van der Waals surface area contributed by atoms with Gasteiger partial charge >= 0.3 is 0 Å². The SMILES string of the molecule is CC(=O)c1ccc(N2CC[C@@H](CN(C)Cc3scnc3C)C2)nc1. The van der Waals surface area contributed by atoms with Crippen molar-refractivity contribution in [3.63, 3.8) is 0 Å². The number of anilines is 1. The molecule has 1 aliphatic heterocycles. The molecule has 0 N–H and O–H groups in total. The van der Waals surface area contributed by atoms with E-state index in [1.807, 2.05) is 17.6 Å². The van der Waals surface area contributed by atoms with E-state index in [-0.39, 0.29) is 5.78 Å². The molecule has 1 saturated heterocycles. The lowest BCUT2D eigenvalue weighted by Crippen LogP contribution is -2.28. The van der Waals surface area contributed by atoms with Crippen LogP contribution in [-0.2, 0) is 6.54 Å². The van der Waals surface area contributed by atoms with E-state index < -0.39 is 0 Å². The van der Waals surface area contributed by atoms with Crippen LogP contribution in [0.1, 0.15) is 34.3 Å². The van der Waals surface area contributed by atoms with Crippen LogP contribution in [0.15, 0.2) is 23.8 Å². The van der Waals surface area contributed by atoms with Crippen molar-refractivity contribution in [3.05, 3.63) is 40.0 Å². The van der Waals surface area contributed by atoms with Crippen molar-refractivity contribution in [2.45, 2.75) is 26.8 Å². The molecule has 2 aromatic rings. The van der Waals surface area contributed by atoms with Gasteiger partial charge in [0.2, 0.25) is 0 Å². The van der Waals surface area contributed by atoms with Crippen molar-refractivity contribution in [1.82, 2.24) is 14.9 Å². The predicted molar refractivity (Wildman–Crippen MR) is 97.7 cm³/mol. The second-order valence-electron chi connectivity index (χ2n) is 6.62. The molecule has 1 fully saturated rings. The van der Waals surface area contributed by atoms with Gasteiger partial charge in [-0.3, -0.25) is 4.79 Å². The smallest absolute Gasteiger partial charge is 0.161 e. The Bertz CT molecular complexity index is 697. The van der Waals surface area contributed by atoms with Crippen LogP contribution in [0.4, 0.5) is 5.82 Å². The van der Waals surface area contributed by atoms with E-state index in [1.54, 1.807) is 24.5 Å². The zero-order chi connectivity index (χ0) is 17.1. The van der Waals surface area contributed by atoms with E-state index in [0.717, 1.165) is 37.7 Å². The topological polar surface area (TPSA) is 49.3 Å². The van der Waals surface area contributed by atoms with Gasteiger partial charge in [0.05, 0.1) is 11.2 Å². The summed E-state index contributed by atoms with van der Waals surface area (Å²) in [7, 11) is 2.18. The number of aryl methyl sites for hydroxylation is 1. The Kier molecular flexibility index (Phi) is 5.26. The lowest BCUT2D eigenvalue weighted by Gasteiger charge is -2.21. The molecule has 0 bridgehead atoms. The van der Waals surface area contributed by atoms with Gasteiger partial charge in [0.15, 0.2) is 5.78 Å². The summed E-state index contributed by atoms with van der Waals surface area (Å²) in [4.78, 5) is 26.2. The summed E-state index contributed by atoms with van der Waals surface area (Å²) < 4.78 is 0. The number of Topliss-reactive ketones (excluding diaryl/α,β-unsaturated/α-hetero) is 1. The van der Waals surface area contributed by atoms with E-state index in [1.165, 1.54) is 11.3 Å². The Hall–Kier alpha value is -1.79. The molecule has 1 aliphatic rings. The van der Waals surface area contributed by atoms with Crippen LogP contribution in [0, 0.1) is 12.8 Å². The number of hydrogen-bond donors (Lipinski definition) is 0. The fourth-order valence-corrected chi connectivity index (χ4v) is 4.06. The molecule has 1 atom stereocenters. The molecule has 6 heteroatoms. The fraction of sp³-hybridized carbons (Fsp3) is 0.500. The molecule has 0 unspecified atom stereocenters. The molecule has 24 heavy (non-hydrogen) atoms. The number of pyridine rings is 1. The van der Waals surface area contributed by atoms with Crippen LogP contribution >= 0.6 is 11.3 Å². The fourth-order valence-electron chi connectivity index (χ4n) is 3.20. The van der Waals surface area contributed by atoms with E-state index in [0.29, 0.717) is 11.5 Å². The Morgan fingerprint density at radius 2 is 2.25 bits per heavy atom. The molecule has 0 saturated carbocycles. The van der Waals surface area contributed by atoms with Crippen LogP contribution in [-0.4, -0.2) is 47.3 Å². The highest BCUT2D eigenvalue weighted by atomic mass is 32.1. The number of carbonyl (C=O) groups excluding carboxylic acids is 1. The molecule has 0 spiro atoms. The highest BCUT2D eigenvalue weighted by Gasteiger charge is 2.24. The number of ketones is 1. The number of rotatable bonds is 6. The average Bonchev–Trinajstić information content (AvgIpc) is 3.17. The maximum atomic E-state index is 11.3. The van der Waals surface area contributed by atoms with E-state index in [4.69, 9.17) is 0 Å². The molecule has 0 aromatic carbocycles. The highest BCUT2D eigenvalue weighted by Crippen LogP contribution is 2.24. The van der Waals surface area contributed by atoms with Crippen molar-refractivity contribution in [2.75, 3.05) is 31.6 Å². The molecule has 0 radical (unpaired) electrons. The molecule has 0 amide bonds. The number of nitrogens with zero attached hydrogens (tertiary/aromatic N) is 4. The standard InChI is InChI=1S/C18H24N4OS/c1-13-17(24-12-20-13)11-21(3)9-15-6-7-22(10-15)18-5-4-16(8-19-18)14(2)23/h4-5,8,12,15H,6-7,9-11H2,1-3H3/t15-/m0/s1. The Morgan fingerprint density at radius 3 is 2.88 bits per heavy atom. The van der Waals surface area contributed by atoms with Gasteiger partial charge in [0.1, 0.15) is 5.82 Å². The van der Waals surface area contributed by atoms with E-state index in [9.17, 15) is 4.79 Å². The normalized spacial score (nSPS) is 17.7. The van der Waals surface area contributed by atoms with Crippen molar-refractivity contribution < 1.29 is 4.79 Å². The Labute approximate surface area is 147 Å². The lowest BCUT2D eigenvalue weighted by atomic mass is 10.1. The zero-order valence-corrected chi connectivity index (χ0v) is 15.3. The van der Waals surface area contributed by atoms with Crippen LogP contribution in [0.25, 0.3) is 0 Å². The number of hydrogen-bond acceptors (Lipinski definition) is 6. The summed E-state index contributed by atoms with van der Waals surface area (Å²) in [5.74, 6) is 1.69. The first-order valence-electron chi connectivity index (χ1n) is 8.32. The first-order chi connectivity index (χ1) is 11.5. The van der Waals surface area contributed by atoms with Crippen LogP contribution in [0.3, 0.4) is 0 Å². The molecule has 3 rings (SSSR count). The van der Waals surface area contributed by atoms with Gasteiger partial charge in [0, 0.05) is 42.8 Å². The molecule has 5 nitrogen and oxygen atoms in total. The maximum Gasteiger partial charge on any atom is 0.161 e. The molecular formula is C18H24N4OS. The third-order valence-corrected chi connectivity index (χ3v) is 5.51. The summed E-state index contributed by atoms with van der Waals surface area (Å²) in [6.45, 7) is 7.76. The molecule has 2 aromatic heterocycles. The second kappa shape index (κ2) is 7.40. The summed E-state index contributed by atoms with van der Waals surface area (Å²) in [5.41, 5.74) is 3.75. The van der Waals surface area contributed by atoms with Gasteiger partial charge in [0.25, 0.3) is 0 Å². The monoisotopic (exact) mass is 344 g/mol. The third-order valence-electron chi connectivity index (χ3n) is 4.59. The van der Waals surface area contributed by atoms with Crippen molar-refractivity contribution in [1.29, 1.82) is 0 Å². The van der Waals surface area contributed by atoms with E-state index in [2.05, 4.69) is 33.7 Å². The van der Waals surface area contributed by atoms with Gasteiger partial charge in [-0.05, 0) is 45.4 Å². The third kappa shape index (κ3) is 3.99. The van der Waals surface area contributed by atoms with Gasteiger partial charge in [-0.2, -0.15) is 0 Å². The molecule has 0 aliphatic carbocycles. The van der Waals surface area contributed by atoms with Crippen LogP contribution in [0.5, 0.6) is 0 Å². The zero-order valence-electron chi connectivity index (χ0n) is 14.5. The van der Waals surface area contributed by atoms with E-state index >= 15 is 0 Å². The summed E-state index contributed by atoms with van der Waals surface area (Å²) in [6, 6.07) is 3.83. The van der Waals surface area contributed by atoms with Crippen LogP contribution in [0.2, 0.25) is 0 Å². The minimum atomic E-state index is 0.0633. The summed E-state index contributed by atoms with van der Waals surface area (Å²) >= 11 is 1.74. The Morgan fingerprint density at radius 1 is 1.42 bits per heavy atom. The van der Waals surface area contributed by atoms with Gasteiger partial charge in [-0.25, -0.2) is 9.97 Å². The van der Waals surface area contributed by atoms with Gasteiger partial charge < -0.3 is 9.80 Å². The van der Waals surface area contributed by atoms with Crippen molar-refractivity contribution in [3.8, 4) is 0 Å². The highest BCUT2D eigenvalue weighted by molar-refractivity contribution is 7.09.